The SMILES string of the molecule is C#CC1CS(=O)OCC1(C)C. The van der Waals surface area contributed by atoms with Crippen molar-refractivity contribution in [1.29, 1.82) is 0 Å². The Hall–Kier alpha value is -0.330. The molecule has 2 nitrogen and oxygen atoms in total. The molecule has 0 amide bonds. The molecule has 0 N–H and O–H groups in total. The maximum absolute atomic E-state index is 10.9. The van der Waals surface area contributed by atoms with E-state index < -0.39 is 11.1 Å². The highest BCUT2D eigenvalue weighted by Gasteiger charge is 2.35. The van der Waals surface area contributed by atoms with E-state index in [2.05, 4.69) is 5.92 Å². The highest BCUT2D eigenvalue weighted by molar-refractivity contribution is 7.80. The Morgan fingerprint density at radius 1 is 1.73 bits per heavy atom. The molecule has 0 aliphatic carbocycles. The van der Waals surface area contributed by atoms with Crippen molar-refractivity contribution < 1.29 is 8.39 Å². The van der Waals surface area contributed by atoms with Crippen LogP contribution in [-0.4, -0.2) is 16.6 Å². The van der Waals surface area contributed by atoms with Crippen LogP contribution in [0.2, 0.25) is 0 Å². The van der Waals surface area contributed by atoms with Crippen molar-refractivity contribution in [2.75, 3.05) is 12.4 Å². The first kappa shape index (κ1) is 8.76. The molecule has 0 aromatic rings. The number of terminal acetylenes is 1. The summed E-state index contributed by atoms with van der Waals surface area (Å²) in [6.07, 6.45) is 5.30. The molecule has 1 rings (SSSR count). The third-order valence-electron chi connectivity index (χ3n) is 2.01. The van der Waals surface area contributed by atoms with Crippen LogP contribution in [-0.2, 0) is 15.3 Å². The summed E-state index contributed by atoms with van der Waals surface area (Å²) >= 11 is -1.16. The lowest BCUT2D eigenvalue weighted by Gasteiger charge is -2.33. The van der Waals surface area contributed by atoms with Gasteiger partial charge < -0.3 is 0 Å². The molecule has 2 unspecified atom stereocenters. The standard InChI is InChI=1S/C8H12O2S/c1-4-7-5-11(9)10-6-8(7,2)3/h1,7H,5-6H2,2-3H3. The smallest absolute Gasteiger partial charge is 0.156 e. The minimum Gasteiger partial charge on any atom is -0.290 e. The zero-order valence-electron chi connectivity index (χ0n) is 6.79. The Labute approximate surface area is 70.0 Å². The first-order chi connectivity index (χ1) is 5.06. The molecule has 1 aliphatic heterocycles. The van der Waals surface area contributed by atoms with E-state index in [-0.39, 0.29) is 11.3 Å². The molecule has 1 saturated heterocycles. The molecule has 0 aromatic heterocycles. The predicted molar refractivity (Wildman–Crippen MR) is 45.1 cm³/mol. The van der Waals surface area contributed by atoms with Crippen LogP contribution in [0, 0.1) is 23.7 Å². The molecule has 1 heterocycles. The van der Waals surface area contributed by atoms with Gasteiger partial charge in [-0.3, -0.25) is 4.18 Å². The lowest BCUT2D eigenvalue weighted by molar-refractivity contribution is 0.139. The summed E-state index contributed by atoms with van der Waals surface area (Å²) in [6.45, 7) is 4.57. The van der Waals surface area contributed by atoms with Crippen LogP contribution in [0.4, 0.5) is 0 Å². The largest absolute Gasteiger partial charge is 0.290 e. The Kier molecular flexibility index (Phi) is 2.36. The van der Waals surface area contributed by atoms with Gasteiger partial charge >= 0.3 is 0 Å². The molecule has 1 fully saturated rings. The van der Waals surface area contributed by atoms with Gasteiger partial charge in [0.15, 0.2) is 11.1 Å². The monoisotopic (exact) mass is 172 g/mol. The summed E-state index contributed by atoms with van der Waals surface area (Å²) in [5, 5.41) is 0. The van der Waals surface area contributed by atoms with Crippen molar-refractivity contribution in [3.63, 3.8) is 0 Å². The van der Waals surface area contributed by atoms with Gasteiger partial charge in [-0.25, -0.2) is 4.21 Å². The number of hydrogen-bond donors (Lipinski definition) is 0. The first-order valence-corrected chi connectivity index (χ1v) is 4.78. The van der Waals surface area contributed by atoms with Gasteiger partial charge in [0.05, 0.1) is 12.4 Å². The lowest BCUT2D eigenvalue weighted by Crippen LogP contribution is -2.37. The second-order valence-corrected chi connectivity index (χ2v) is 4.62. The fourth-order valence-electron chi connectivity index (χ4n) is 1.00. The van der Waals surface area contributed by atoms with E-state index >= 15 is 0 Å². The fraction of sp³-hybridized carbons (Fsp3) is 0.750. The molecule has 0 spiro atoms. The molecule has 0 bridgehead atoms. The van der Waals surface area contributed by atoms with Gasteiger partial charge in [0.25, 0.3) is 0 Å². The van der Waals surface area contributed by atoms with Crippen molar-refractivity contribution in [2.45, 2.75) is 13.8 Å². The van der Waals surface area contributed by atoms with Gasteiger partial charge in [0, 0.05) is 11.3 Å². The van der Waals surface area contributed by atoms with E-state index in [9.17, 15) is 4.21 Å². The van der Waals surface area contributed by atoms with E-state index in [0.29, 0.717) is 12.4 Å². The van der Waals surface area contributed by atoms with Crippen molar-refractivity contribution in [3.8, 4) is 12.3 Å². The normalized spacial score (nSPS) is 36.1. The second-order valence-electron chi connectivity index (χ2n) is 3.44. The van der Waals surface area contributed by atoms with Gasteiger partial charge in [-0.2, -0.15) is 0 Å². The third kappa shape index (κ3) is 1.82. The highest BCUT2D eigenvalue weighted by atomic mass is 32.2. The van der Waals surface area contributed by atoms with Crippen LogP contribution in [0.1, 0.15) is 13.8 Å². The summed E-state index contributed by atoms with van der Waals surface area (Å²) in [7, 11) is 0. The van der Waals surface area contributed by atoms with Crippen molar-refractivity contribution in [3.05, 3.63) is 0 Å². The van der Waals surface area contributed by atoms with Crippen LogP contribution in [0.15, 0.2) is 0 Å². The molecular weight excluding hydrogens is 160 g/mol. The Morgan fingerprint density at radius 3 is 2.82 bits per heavy atom. The second kappa shape index (κ2) is 2.96. The van der Waals surface area contributed by atoms with Gasteiger partial charge in [-0.05, 0) is 0 Å². The van der Waals surface area contributed by atoms with Crippen molar-refractivity contribution in [1.82, 2.24) is 0 Å². The molecule has 62 valence electrons. The maximum atomic E-state index is 10.9. The van der Waals surface area contributed by atoms with Crippen LogP contribution < -0.4 is 0 Å². The van der Waals surface area contributed by atoms with Crippen LogP contribution in [0.3, 0.4) is 0 Å². The molecule has 11 heavy (non-hydrogen) atoms. The van der Waals surface area contributed by atoms with Crippen LogP contribution in [0.25, 0.3) is 0 Å². The van der Waals surface area contributed by atoms with Crippen LogP contribution >= 0.6 is 0 Å². The van der Waals surface area contributed by atoms with Gasteiger partial charge in [0.1, 0.15) is 0 Å². The highest BCUT2D eigenvalue weighted by Crippen LogP contribution is 2.31. The topological polar surface area (TPSA) is 26.3 Å². The van der Waals surface area contributed by atoms with E-state index in [4.69, 9.17) is 10.6 Å². The molecule has 0 radical (unpaired) electrons. The third-order valence-corrected chi connectivity index (χ3v) is 3.00. The molecule has 0 aromatic carbocycles. The van der Waals surface area contributed by atoms with Gasteiger partial charge in [-0.1, -0.05) is 13.8 Å². The van der Waals surface area contributed by atoms with E-state index in [1.54, 1.807) is 0 Å². The Bertz CT molecular complexity index is 215. The minimum atomic E-state index is -1.16. The summed E-state index contributed by atoms with van der Waals surface area (Å²) < 4.78 is 15.9. The average molecular weight is 172 g/mol. The zero-order valence-corrected chi connectivity index (χ0v) is 7.61. The molecule has 1 aliphatic rings. The summed E-state index contributed by atoms with van der Waals surface area (Å²) in [6, 6.07) is 0. The van der Waals surface area contributed by atoms with Gasteiger partial charge in [0.2, 0.25) is 0 Å². The van der Waals surface area contributed by atoms with E-state index in [1.165, 1.54) is 0 Å². The Balaban J connectivity index is 2.73. The molecule has 2 atom stereocenters. The number of rotatable bonds is 0. The van der Waals surface area contributed by atoms with Crippen molar-refractivity contribution >= 4 is 11.1 Å². The fourth-order valence-corrected chi connectivity index (χ4v) is 2.35. The van der Waals surface area contributed by atoms with E-state index in [1.807, 2.05) is 13.8 Å². The van der Waals surface area contributed by atoms with Crippen molar-refractivity contribution in [2.24, 2.45) is 11.3 Å². The number of hydrogen-bond acceptors (Lipinski definition) is 2. The minimum absolute atomic E-state index is 0.0251. The predicted octanol–water partition coefficient (Wildman–Crippen LogP) is 0.956. The zero-order chi connectivity index (χ0) is 8.48. The molecule has 3 heteroatoms. The first-order valence-electron chi connectivity index (χ1n) is 3.54. The van der Waals surface area contributed by atoms with Crippen LogP contribution in [0.5, 0.6) is 0 Å². The average Bonchev–Trinajstić information content (AvgIpc) is 1.94. The Morgan fingerprint density at radius 2 is 2.36 bits per heavy atom. The summed E-state index contributed by atoms with van der Waals surface area (Å²) in [4.78, 5) is 0. The quantitative estimate of drug-likeness (QED) is 0.509. The lowest BCUT2D eigenvalue weighted by atomic mass is 9.81. The van der Waals surface area contributed by atoms with E-state index in [0.717, 1.165) is 0 Å². The maximum Gasteiger partial charge on any atom is 0.156 e. The molecule has 0 saturated carbocycles. The molecular formula is C8H12O2S. The summed E-state index contributed by atoms with van der Waals surface area (Å²) in [5.74, 6) is 3.21. The summed E-state index contributed by atoms with van der Waals surface area (Å²) in [5.41, 5.74) is -0.0251. The van der Waals surface area contributed by atoms with Gasteiger partial charge in [-0.15, -0.1) is 12.3 Å².